The van der Waals surface area contributed by atoms with Crippen LogP contribution in [0, 0.1) is 12.8 Å². The number of carbonyl (C=O) groups is 2. The molecule has 4 nitrogen and oxygen atoms in total. The van der Waals surface area contributed by atoms with E-state index >= 15 is 0 Å². The molecular formula is C20H31NO3. The fourth-order valence-electron chi connectivity index (χ4n) is 2.64. The van der Waals surface area contributed by atoms with Crippen LogP contribution in [0.3, 0.4) is 0 Å². The standard InChI is InChI=1S/C20H31NO3/c1-5-6-7-14-21(15-17(3)20(23)24-4)19(22)13-12-18-10-8-16(2)9-11-18/h8-11,17H,5-7,12-15H2,1-4H3. The number of unbranched alkanes of at least 4 members (excludes halogenated alkanes) is 2. The molecule has 0 spiro atoms. The van der Waals surface area contributed by atoms with E-state index in [4.69, 9.17) is 4.74 Å². The summed E-state index contributed by atoms with van der Waals surface area (Å²) in [6, 6.07) is 8.28. The predicted octanol–water partition coefficient (Wildman–Crippen LogP) is 3.76. The first kappa shape index (κ1) is 20.2. The Labute approximate surface area is 146 Å². The zero-order valence-electron chi connectivity index (χ0n) is 15.5. The van der Waals surface area contributed by atoms with Gasteiger partial charge in [-0.25, -0.2) is 0 Å². The Kier molecular flexibility index (Phi) is 9.13. The number of nitrogens with zero attached hydrogens (tertiary/aromatic N) is 1. The molecule has 24 heavy (non-hydrogen) atoms. The van der Waals surface area contributed by atoms with Gasteiger partial charge < -0.3 is 9.64 Å². The molecule has 0 fully saturated rings. The lowest BCUT2D eigenvalue weighted by atomic mass is 10.1. The van der Waals surface area contributed by atoms with Crippen molar-refractivity contribution in [3.8, 4) is 0 Å². The van der Waals surface area contributed by atoms with Crippen LogP contribution in [-0.4, -0.2) is 37.0 Å². The maximum atomic E-state index is 12.6. The van der Waals surface area contributed by atoms with E-state index in [0.717, 1.165) is 25.7 Å². The van der Waals surface area contributed by atoms with Crippen LogP contribution in [0.15, 0.2) is 24.3 Å². The monoisotopic (exact) mass is 333 g/mol. The Morgan fingerprint density at radius 1 is 1.17 bits per heavy atom. The molecule has 0 aliphatic rings. The molecular weight excluding hydrogens is 302 g/mol. The van der Waals surface area contributed by atoms with Crippen LogP contribution in [0.5, 0.6) is 0 Å². The molecule has 0 N–H and O–H groups in total. The van der Waals surface area contributed by atoms with E-state index in [2.05, 4.69) is 38.1 Å². The molecule has 1 amide bonds. The Morgan fingerprint density at radius 3 is 2.42 bits per heavy atom. The molecule has 0 radical (unpaired) electrons. The van der Waals surface area contributed by atoms with Crippen molar-refractivity contribution in [1.82, 2.24) is 4.90 Å². The number of benzene rings is 1. The summed E-state index contributed by atoms with van der Waals surface area (Å²) in [5.74, 6) is -0.441. The number of aryl methyl sites for hydroxylation is 2. The Bertz CT molecular complexity index is 510. The van der Waals surface area contributed by atoms with Gasteiger partial charge in [0, 0.05) is 19.5 Å². The summed E-state index contributed by atoms with van der Waals surface area (Å²) >= 11 is 0. The number of carbonyl (C=O) groups excluding carboxylic acids is 2. The van der Waals surface area contributed by atoms with E-state index in [9.17, 15) is 9.59 Å². The number of hydrogen-bond acceptors (Lipinski definition) is 3. The van der Waals surface area contributed by atoms with Crippen LogP contribution in [0.4, 0.5) is 0 Å². The number of rotatable bonds is 10. The van der Waals surface area contributed by atoms with E-state index in [1.54, 1.807) is 0 Å². The van der Waals surface area contributed by atoms with Crippen molar-refractivity contribution < 1.29 is 14.3 Å². The fraction of sp³-hybridized carbons (Fsp3) is 0.600. The molecule has 0 saturated heterocycles. The van der Waals surface area contributed by atoms with Crippen molar-refractivity contribution in [2.75, 3.05) is 20.2 Å². The molecule has 1 rings (SSSR count). The van der Waals surface area contributed by atoms with Crippen LogP contribution >= 0.6 is 0 Å². The van der Waals surface area contributed by atoms with Crippen LogP contribution in [0.2, 0.25) is 0 Å². The summed E-state index contributed by atoms with van der Waals surface area (Å²) in [5.41, 5.74) is 2.39. The molecule has 1 atom stereocenters. The van der Waals surface area contributed by atoms with E-state index < -0.39 is 0 Å². The van der Waals surface area contributed by atoms with Gasteiger partial charge in [-0.3, -0.25) is 9.59 Å². The molecule has 4 heteroatoms. The summed E-state index contributed by atoms with van der Waals surface area (Å²) in [7, 11) is 1.39. The van der Waals surface area contributed by atoms with Gasteiger partial charge in [0.1, 0.15) is 0 Å². The van der Waals surface area contributed by atoms with E-state index in [1.807, 2.05) is 11.8 Å². The zero-order chi connectivity index (χ0) is 17.9. The molecule has 0 heterocycles. The van der Waals surface area contributed by atoms with Crippen LogP contribution in [0.25, 0.3) is 0 Å². The third kappa shape index (κ3) is 7.16. The van der Waals surface area contributed by atoms with Crippen molar-refractivity contribution in [3.05, 3.63) is 35.4 Å². The maximum absolute atomic E-state index is 12.6. The third-order valence-corrected chi connectivity index (χ3v) is 4.23. The first-order chi connectivity index (χ1) is 11.5. The van der Waals surface area contributed by atoms with Crippen LogP contribution < -0.4 is 0 Å². The SMILES string of the molecule is CCCCCN(CC(C)C(=O)OC)C(=O)CCc1ccc(C)cc1. The molecule has 1 aromatic carbocycles. The number of methoxy groups -OCH3 is 1. The lowest BCUT2D eigenvalue weighted by Gasteiger charge is -2.25. The highest BCUT2D eigenvalue weighted by molar-refractivity contribution is 5.78. The van der Waals surface area contributed by atoms with Crippen molar-refractivity contribution in [3.63, 3.8) is 0 Å². The summed E-state index contributed by atoms with van der Waals surface area (Å²) in [6.45, 7) is 7.15. The average molecular weight is 333 g/mol. The van der Waals surface area contributed by atoms with Crippen molar-refractivity contribution >= 4 is 11.9 Å². The largest absolute Gasteiger partial charge is 0.469 e. The van der Waals surface area contributed by atoms with Crippen LogP contribution in [0.1, 0.15) is 50.7 Å². The number of esters is 1. The molecule has 0 bridgehead atoms. The first-order valence-electron chi connectivity index (χ1n) is 8.89. The highest BCUT2D eigenvalue weighted by Gasteiger charge is 2.21. The van der Waals surface area contributed by atoms with Crippen molar-refractivity contribution in [2.45, 2.75) is 52.9 Å². The number of hydrogen-bond donors (Lipinski definition) is 0. The van der Waals surface area contributed by atoms with E-state index in [1.165, 1.54) is 18.2 Å². The molecule has 0 aliphatic carbocycles. The molecule has 0 saturated carbocycles. The Hall–Kier alpha value is -1.84. The van der Waals surface area contributed by atoms with Gasteiger partial charge in [0.2, 0.25) is 5.91 Å². The highest BCUT2D eigenvalue weighted by atomic mass is 16.5. The maximum Gasteiger partial charge on any atom is 0.310 e. The molecule has 1 unspecified atom stereocenters. The zero-order valence-corrected chi connectivity index (χ0v) is 15.5. The topological polar surface area (TPSA) is 46.6 Å². The second-order valence-electron chi connectivity index (χ2n) is 6.46. The predicted molar refractivity (Wildman–Crippen MR) is 96.8 cm³/mol. The average Bonchev–Trinajstić information content (AvgIpc) is 2.59. The van der Waals surface area contributed by atoms with Gasteiger partial charge in [-0.1, -0.05) is 56.5 Å². The minimum atomic E-state index is -0.292. The quantitative estimate of drug-likeness (QED) is 0.484. The second-order valence-corrected chi connectivity index (χ2v) is 6.46. The summed E-state index contributed by atoms with van der Waals surface area (Å²) in [6.07, 6.45) is 4.38. The van der Waals surface area contributed by atoms with Gasteiger partial charge in [0.15, 0.2) is 0 Å². The van der Waals surface area contributed by atoms with Gasteiger partial charge in [0.05, 0.1) is 13.0 Å². The summed E-state index contributed by atoms with van der Waals surface area (Å²) in [4.78, 5) is 26.1. The molecule has 0 aromatic heterocycles. The highest BCUT2D eigenvalue weighted by Crippen LogP contribution is 2.11. The second kappa shape index (κ2) is 10.8. The van der Waals surface area contributed by atoms with Crippen molar-refractivity contribution in [2.24, 2.45) is 5.92 Å². The fourth-order valence-corrected chi connectivity index (χ4v) is 2.64. The minimum absolute atomic E-state index is 0.113. The normalized spacial score (nSPS) is 11.8. The Balaban J connectivity index is 2.60. The molecule has 134 valence electrons. The smallest absolute Gasteiger partial charge is 0.310 e. The van der Waals surface area contributed by atoms with Gasteiger partial charge in [-0.2, -0.15) is 0 Å². The lowest BCUT2D eigenvalue weighted by molar-refractivity contribution is -0.146. The van der Waals surface area contributed by atoms with Crippen molar-refractivity contribution in [1.29, 1.82) is 0 Å². The van der Waals surface area contributed by atoms with Gasteiger partial charge in [-0.15, -0.1) is 0 Å². The van der Waals surface area contributed by atoms with E-state index in [-0.39, 0.29) is 17.8 Å². The molecule has 1 aromatic rings. The Morgan fingerprint density at radius 2 is 1.83 bits per heavy atom. The van der Waals surface area contributed by atoms with Gasteiger partial charge >= 0.3 is 5.97 Å². The minimum Gasteiger partial charge on any atom is -0.469 e. The van der Waals surface area contributed by atoms with Gasteiger partial charge in [0.25, 0.3) is 0 Å². The summed E-state index contributed by atoms with van der Waals surface area (Å²) in [5, 5.41) is 0. The number of amides is 1. The molecule has 0 aliphatic heterocycles. The summed E-state index contributed by atoms with van der Waals surface area (Å²) < 4.78 is 4.78. The third-order valence-electron chi connectivity index (χ3n) is 4.23. The lowest BCUT2D eigenvalue weighted by Crippen LogP contribution is -2.38. The van der Waals surface area contributed by atoms with E-state index in [0.29, 0.717) is 19.5 Å². The first-order valence-corrected chi connectivity index (χ1v) is 8.89. The number of ether oxygens (including phenoxy) is 1. The van der Waals surface area contributed by atoms with Gasteiger partial charge in [-0.05, 0) is 25.3 Å². The van der Waals surface area contributed by atoms with Crippen LogP contribution in [-0.2, 0) is 20.7 Å².